The predicted molar refractivity (Wildman–Crippen MR) is 48.0 cm³/mol. The third kappa shape index (κ3) is 5.59. The summed E-state index contributed by atoms with van der Waals surface area (Å²) < 4.78 is 0. The van der Waals surface area contributed by atoms with Crippen molar-refractivity contribution in [1.82, 2.24) is 4.90 Å². The fourth-order valence-corrected chi connectivity index (χ4v) is 0.880. The molecule has 0 aromatic rings. The first-order valence-electron chi connectivity index (χ1n) is 4.08. The van der Waals surface area contributed by atoms with Crippen LogP contribution in [0.15, 0.2) is 12.8 Å². The summed E-state index contributed by atoms with van der Waals surface area (Å²) in [5, 5.41) is 35.2. The molecular formula is C8H17NO4. The minimum absolute atomic E-state index is 0.192. The molecule has 0 heterocycles. The fraction of sp³-hybridized carbons (Fsp3) is 0.750. The summed E-state index contributed by atoms with van der Waals surface area (Å²) >= 11 is 0. The van der Waals surface area contributed by atoms with Gasteiger partial charge in [0.15, 0.2) is 0 Å². The molecule has 0 aromatic heterocycles. The molecule has 0 fully saturated rings. The largest absolute Gasteiger partial charge is 0.394 e. The van der Waals surface area contributed by atoms with E-state index in [1.54, 1.807) is 0 Å². The maximum absolute atomic E-state index is 9.06. The van der Waals surface area contributed by atoms with Gasteiger partial charge in [-0.25, -0.2) is 0 Å². The molecule has 0 aromatic carbocycles. The van der Waals surface area contributed by atoms with E-state index in [9.17, 15) is 0 Å². The van der Waals surface area contributed by atoms with Gasteiger partial charge < -0.3 is 25.3 Å². The van der Waals surface area contributed by atoms with Crippen molar-refractivity contribution in [1.29, 1.82) is 0 Å². The SMILES string of the molecule is C=CN(CC(O)CO)CC(O)CO. The number of aliphatic hydroxyl groups excluding tert-OH is 4. The Hall–Kier alpha value is -0.620. The van der Waals surface area contributed by atoms with Crippen LogP contribution in [0.2, 0.25) is 0 Å². The number of hydrogen-bond donors (Lipinski definition) is 4. The van der Waals surface area contributed by atoms with Gasteiger partial charge in [0, 0.05) is 13.1 Å². The van der Waals surface area contributed by atoms with Crippen LogP contribution in [0.3, 0.4) is 0 Å². The van der Waals surface area contributed by atoms with Gasteiger partial charge in [-0.1, -0.05) is 6.58 Å². The summed E-state index contributed by atoms with van der Waals surface area (Å²) in [6.45, 7) is 3.19. The zero-order chi connectivity index (χ0) is 10.3. The Bertz CT molecular complexity index is 130. The smallest absolute Gasteiger partial charge is 0.0945 e. The summed E-state index contributed by atoms with van der Waals surface area (Å²) in [7, 11) is 0. The molecule has 0 amide bonds. The van der Waals surface area contributed by atoms with E-state index in [0.29, 0.717) is 0 Å². The van der Waals surface area contributed by atoms with Crippen LogP contribution in [0.1, 0.15) is 0 Å². The average molecular weight is 191 g/mol. The van der Waals surface area contributed by atoms with Crippen molar-refractivity contribution >= 4 is 0 Å². The van der Waals surface area contributed by atoms with Crippen LogP contribution in [0.5, 0.6) is 0 Å². The Kier molecular flexibility index (Phi) is 6.52. The van der Waals surface area contributed by atoms with Crippen molar-refractivity contribution in [2.75, 3.05) is 26.3 Å². The minimum atomic E-state index is -0.858. The summed E-state index contributed by atoms with van der Waals surface area (Å²) in [6.07, 6.45) is -0.273. The molecule has 0 bridgehead atoms. The molecule has 4 N–H and O–H groups in total. The van der Waals surface area contributed by atoms with Crippen LogP contribution >= 0.6 is 0 Å². The normalized spacial score (nSPS) is 15.1. The predicted octanol–water partition coefficient (Wildman–Crippen LogP) is -1.86. The van der Waals surface area contributed by atoms with E-state index in [0.717, 1.165) is 0 Å². The molecule has 13 heavy (non-hydrogen) atoms. The third-order valence-corrected chi connectivity index (χ3v) is 1.57. The molecule has 2 atom stereocenters. The highest BCUT2D eigenvalue weighted by molar-refractivity contribution is 4.76. The number of aliphatic hydroxyl groups is 4. The van der Waals surface area contributed by atoms with Crippen molar-refractivity contribution in [3.05, 3.63) is 12.8 Å². The first-order valence-corrected chi connectivity index (χ1v) is 4.08. The van der Waals surface area contributed by atoms with E-state index in [1.165, 1.54) is 11.1 Å². The second-order valence-electron chi connectivity index (χ2n) is 2.81. The highest BCUT2D eigenvalue weighted by Crippen LogP contribution is 1.95. The minimum Gasteiger partial charge on any atom is -0.394 e. The zero-order valence-electron chi connectivity index (χ0n) is 7.50. The van der Waals surface area contributed by atoms with E-state index >= 15 is 0 Å². The van der Waals surface area contributed by atoms with Gasteiger partial charge in [-0.2, -0.15) is 0 Å². The number of nitrogens with zero attached hydrogens (tertiary/aromatic N) is 1. The van der Waals surface area contributed by atoms with E-state index in [1.807, 2.05) is 0 Å². The number of rotatable bonds is 7. The van der Waals surface area contributed by atoms with Gasteiger partial charge in [0.05, 0.1) is 25.4 Å². The van der Waals surface area contributed by atoms with Gasteiger partial charge in [-0.15, -0.1) is 0 Å². The Balaban J connectivity index is 3.81. The Labute approximate surface area is 77.5 Å². The molecule has 0 radical (unpaired) electrons. The summed E-state index contributed by atoms with van der Waals surface area (Å²) in [5.74, 6) is 0. The Morgan fingerprint density at radius 2 is 1.46 bits per heavy atom. The molecule has 5 nitrogen and oxygen atoms in total. The molecule has 0 aliphatic carbocycles. The molecule has 5 heteroatoms. The fourth-order valence-electron chi connectivity index (χ4n) is 0.880. The molecule has 0 spiro atoms. The molecule has 0 rings (SSSR count). The van der Waals surface area contributed by atoms with Crippen molar-refractivity contribution < 1.29 is 20.4 Å². The lowest BCUT2D eigenvalue weighted by atomic mass is 10.3. The maximum atomic E-state index is 9.06. The molecular weight excluding hydrogens is 174 g/mol. The molecule has 78 valence electrons. The quantitative estimate of drug-likeness (QED) is 0.379. The van der Waals surface area contributed by atoms with Crippen LogP contribution in [-0.4, -0.2) is 63.8 Å². The lowest BCUT2D eigenvalue weighted by Gasteiger charge is -2.24. The first kappa shape index (κ1) is 12.4. The summed E-state index contributed by atoms with van der Waals surface area (Å²) in [5.41, 5.74) is 0. The standard InChI is InChI=1S/C8H17NO4/c1-2-9(3-7(12)5-10)4-8(13)6-11/h2,7-8,10-13H,1,3-6H2. The van der Waals surface area contributed by atoms with Gasteiger partial charge in [0.25, 0.3) is 0 Å². The van der Waals surface area contributed by atoms with E-state index in [2.05, 4.69) is 6.58 Å². The summed E-state index contributed by atoms with van der Waals surface area (Å²) in [6, 6.07) is 0. The van der Waals surface area contributed by atoms with Crippen LogP contribution in [0.25, 0.3) is 0 Å². The zero-order valence-corrected chi connectivity index (χ0v) is 7.50. The first-order chi connectivity index (χ1) is 6.13. The lowest BCUT2D eigenvalue weighted by molar-refractivity contribution is 0.0395. The average Bonchev–Trinajstić information content (AvgIpc) is 2.16. The second-order valence-corrected chi connectivity index (χ2v) is 2.81. The topological polar surface area (TPSA) is 84.2 Å². The third-order valence-electron chi connectivity index (χ3n) is 1.57. The monoisotopic (exact) mass is 191 g/mol. The molecule has 2 unspecified atom stereocenters. The van der Waals surface area contributed by atoms with Crippen LogP contribution in [0.4, 0.5) is 0 Å². The van der Waals surface area contributed by atoms with Crippen molar-refractivity contribution in [3.8, 4) is 0 Å². The second kappa shape index (κ2) is 6.85. The lowest BCUT2D eigenvalue weighted by Crippen LogP contribution is -2.36. The van der Waals surface area contributed by atoms with Crippen molar-refractivity contribution in [3.63, 3.8) is 0 Å². The highest BCUT2D eigenvalue weighted by Gasteiger charge is 2.10. The van der Waals surface area contributed by atoms with Gasteiger partial charge in [-0.3, -0.25) is 0 Å². The van der Waals surface area contributed by atoms with Gasteiger partial charge in [-0.05, 0) is 6.20 Å². The van der Waals surface area contributed by atoms with E-state index < -0.39 is 12.2 Å². The molecule has 0 saturated heterocycles. The molecule has 0 aliphatic rings. The highest BCUT2D eigenvalue weighted by atomic mass is 16.3. The van der Waals surface area contributed by atoms with E-state index in [-0.39, 0.29) is 26.3 Å². The van der Waals surface area contributed by atoms with Crippen LogP contribution < -0.4 is 0 Å². The van der Waals surface area contributed by atoms with Crippen molar-refractivity contribution in [2.24, 2.45) is 0 Å². The summed E-state index contributed by atoms with van der Waals surface area (Å²) in [4.78, 5) is 1.53. The van der Waals surface area contributed by atoms with Gasteiger partial charge >= 0.3 is 0 Å². The maximum Gasteiger partial charge on any atom is 0.0945 e. The van der Waals surface area contributed by atoms with Gasteiger partial charge in [0.2, 0.25) is 0 Å². The number of hydrogen-bond acceptors (Lipinski definition) is 5. The van der Waals surface area contributed by atoms with E-state index in [4.69, 9.17) is 20.4 Å². The van der Waals surface area contributed by atoms with Crippen LogP contribution in [0, 0.1) is 0 Å². The Morgan fingerprint density at radius 3 is 1.69 bits per heavy atom. The molecule has 0 aliphatic heterocycles. The molecule has 0 saturated carbocycles. The van der Waals surface area contributed by atoms with Gasteiger partial charge in [0.1, 0.15) is 0 Å². The van der Waals surface area contributed by atoms with Crippen molar-refractivity contribution in [2.45, 2.75) is 12.2 Å². The Morgan fingerprint density at radius 1 is 1.08 bits per heavy atom. The van der Waals surface area contributed by atoms with Crippen LogP contribution in [-0.2, 0) is 0 Å².